The Kier molecular flexibility index (Phi) is 7.77. The summed E-state index contributed by atoms with van der Waals surface area (Å²) in [5, 5.41) is 2.92. The van der Waals surface area contributed by atoms with Gasteiger partial charge in [0.1, 0.15) is 11.5 Å². The molecular formula is C22H27NO6. The van der Waals surface area contributed by atoms with E-state index in [0.29, 0.717) is 34.3 Å². The molecule has 0 fully saturated rings. The molecule has 0 bridgehead atoms. The first-order valence-corrected chi connectivity index (χ1v) is 8.98. The molecule has 1 N–H and O–H groups in total. The summed E-state index contributed by atoms with van der Waals surface area (Å²) in [7, 11) is 7.79. The highest BCUT2D eigenvalue weighted by molar-refractivity contribution is 5.92. The molecule has 0 radical (unpaired) electrons. The van der Waals surface area contributed by atoms with Crippen molar-refractivity contribution in [3.63, 3.8) is 0 Å². The van der Waals surface area contributed by atoms with E-state index < -0.39 is 0 Å². The van der Waals surface area contributed by atoms with Crippen molar-refractivity contribution >= 4 is 12.0 Å². The Labute approximate surface area is 171 Å². The van der Waals surface area contributed by atoms with Gasteiger partial charge in [-0.05, 0) is 43.3 Å². The van der Waals surface area contributed by atoms with Crippen LogP contribution < -0.4 is 29.0 Å². The van der Waals surface area contributed by atoms with Crippen LogP contribution in [0.25, 0.3) is 6.08 Å². The van der Waals surface area contributed by atoms with E-state index in [0.717, 1.165) is 5.56 Å². The van der Waals surface area contributed by atoms with Gasteiger partial charge in [0, 0.05) is 17.2 Å². The lowest BCUT2D eigenvalue weighted by Crippen LogP contribution is -2.25. The van der Waals surface area contributed by atoms with E-state index in [9.17, 15) is 4.79 Å². The van der Waals surface area contributed by atoms with Gasteiger partial charge >= 0.3 is 0 Å². The Hall–Kier alpha value is -3.35. The number of benzene rings is 2. The van der Waals surface area contributed by atoms with Crippen LogP contribution in [-0.4, -0.2) is 41.5 Å². The van der Waals surface area contributed by atoms with E-state index in [2.05, 4.69) is 5.32 Å². The number of nitrogens with one attached hydrogen (secondary N) is 1. The molecule has 0 saturated heterocycles. The zero-order valence-electron chi connectivity index (χ0n) is 17.6. The third kappa shape index (κ3) is 5.13. The normalized spacial score (nSPS) is 11.7. The van der Waals surface area contributed by atoms with Gasteiger partial charge in [0.2, 0.25) is 11.7 Å². The Morgan fingerprint density at radius 1 is 0.862 bits per heavy atom. The lowest BCUT2D eigenvalue weighted by Gasteiger charge is -2.17. The smallest absolute Gasteiger partial charge is 0.244 e. The summed E-state index contributed by atoms with van der Waals surface area (Å²) < 4.78 is 26.7. The van der Waals surface area contributed by atoms with Crippen LogP contribution in [0.3, 0.4) is 0 Å². The van der Waals surface area contributed by atoms with Gasteiger partial charge in [-0.1, -0.05) is 0 Å². The largest absolute Gasteiger partial charge is 0.497 e. The van der Waals surface area contributed by atoms with Gasteiger partial charge in [-0.15, -0.1) is 0 Å². The lowest BCUT2D eigenvalue weighted by molar-refractivity contribution is -0.117. The van der Waals surface area contributed by atoms with Crippen LogP contribution in [0.2, 0.25) is 0 Å². The standard InChI is InChI=1S/C22H27NO6/c1-14(17-13-16(25-2)9-11-18(17)26-3)23-20(24)12-8-15-7-10-19(27-4)22(29-6)21(15)28-5/h7-14H,1-6H3,(H,23,24)/b12-8+/t14-/m0/s1. The fourth-order valence-corrected chi connectivity index (χ4v) is 2.94. The molecule has 1 atom stereocenters. The minimum absolute atomic E-state index is 0.265. The number of rotatable bonds is 9. The van der Waals surface area contributed by atoms with Crippen LogP contribution in [0.5, 0.6) is 28.7 Å². The van der Waals surface area contributed by atoms with E-state index in [1.165, 1.54) is 20.3 Å². The third-order valence-corrected chi connectivity index (χ3v) is 4.41. The first-order chi connectivity index (χ1) is 14.0. The molecule has 29 heavy (non-hydrogen) atoms. The predicted molar refractivity (Wildman–Crippen MR) is 111 cm³/mol. The fraction of sp³-hybridized carbons (Fsp3) is 0.318. The maximum atomic E-state index is 12.5. The molecule has 1 amide bonds. The van der Waals surface area contributed by atoms with Crippen molar-refractivity contribution in [3.8, 4) is 28.7 Å². The summed E-state index contributed by atoms with van der Waals surface area (Å²) in [4.78, 5) is 12.5. The van der Waals surface area contributed by atoms with Crippen molar-refractivity contribution in [2.75, 3.05) is 35.5 Å². The van der Waals surface area contributed by atoms with Crippen LogP contribution in [0.4, 0.5) is 0 Å². The summed E-state index contributed by atoms with van der Waals surface area (Å²) in [6, 6.07) is 8.71. The highest BCUT2D eigenvalue weighted by atomic mass is 16.5. The zero-order valence-corrected chi connectivity index (χ0v) is 17.6. The highest BCUT2D eigenvalue weighted by Gasteiger charge is 2.16. The van der Waals surface area contributed by atoms with E-state index in [1.54, 1.807) is 51.7 Å². The average Bonchev–Trinajstić information content (AvgIpc) is 2.75. The van der Waals surface area contributed by atoms with Crippen molar-refractivity contribution in [1.29, 1.82) is 0 Å². The molecule has 2 aromatic carbocycles. The summed E-state index contributed by atoms with van der Waals surface area (Å²) in [6.07, 6.45) is 3.10. The number of hydrogen-bond acceptors (Lipinski definition) is 6. The summed E-state index contributed by atoms with van der Waals surface area (Å²) in [5.74, 6) is 2.59. The number of methoxy groups -OCH3 is 5. The van der Waals surface area contributed by atoms with E-state index in [4.69, 9.17) is 23.7 Å². The number of carbonyl (C=O) groups excluding carboxylic acids is 1. The Morgan fingerprint density at radius 3 is 2.10 bits per heavy atom. The Bertz CT molecular complexity index is 878. The first kappa shape index (κ1) is 21.9. The second-order valence-corrected chi connectivity index (χ2v) is 6.10. The van der Waals surface area contributed by atoms with Crippen LogP contribution >= 0.6 is 0 Å². The molecule has 0 spiro atoms. The molecule has 7 heteroatoms. The molecule has 0 saturated carbocycles. The van der Waals surface area contributed by atoms with Gasteiger partial charge in [0.05, 0.1) is 41.6 Å². The second kappa shape index (κ2) is 10.3. The molecule has 0 heterocycles. The van der Waals surface area contributed by atoms with Crippen molar-refractivity contribution in [1.82, 2.24) is 5.32 Å². The SMILES string of the molecule is COc1ccc(OC)c([C@H](C)NC(=O)/C=C/c2ccc(OC)c(OC)c2OC)c1. The van der Waals surface area contributed by atoms with Crippen LogP contribution in [0.1, 0.15) is 24.1 Å². The van der Waals surface area contributed by atoms with Gasteiger partial charge in [0.25, 0.3) is 0 Å². The molecule has 156 valence electrons. The van der Waals surface area contributed by atoms with E-state index >= 15 is 0 Å². The van der Waals surface area contributed by atoms with Crippen LogP contribution in [0, 0.1) is 0 Å². The van der Waals surface area contributed by atoms with Gasteiger partial charge in [-0.3, -0.25) is 4.79 Å². The molecule has 2 rings (SSSR count). The highest BCUT2D eigenvalue weighted by Crippen LogP contribution is 2.40. The van der Waals surface area contributed by atoms with Gasteiger partial charge in [-0.25, -0.2) is 0 Å². The monoisotopic (exact) mass is 401 g/mol. The van der Waals surface area contributed by atoms with E-state index in [1.807, 2.05) is 13.0 Å². The van der Waals surface area contributed by atoms with Gasteiger partial charge in [0.15, 0.2) is 11.5 Å². The number of carbonyl (C=O) groups is 1. The van der Waals surface area contributed by atoms with Crippen LogP contribution in [0.15, 0.2) is 36.4 Å². The van der Waals surface area contributed by atoms with Crippen molar-refractivity contribution in [2.24, 2.45) is 0 Å². The van der Waals surface area contributed by atoms with Gasteiger partial charge in [-0.2, -0.15) is 0 Å². The maximum absolute atomic E-state index is 12.5. The molecule has 0 aliphatic rings. The Balaban J connectivity index is 2.20. The summed E-state index contributed by atoms with van der Waals surface area (Å²) in [6.45, 7) is 1.88. The van der Waals surface area contributed by atoms with Crippen molar-refractivity contribution < 1.29 is 28.5 Å². The number of ether oxygens (including phenoxy) is 5. The predicted octanol–water partition coefficient (Wildman–Crippen LogP) is 3.62. The maximum Gasteiger partial charge on any atom is 0.244 e. The molecule has 0 aliphatic heterocycles. The lowest BCUT2D eigenvalue weighted by atomic mass is 10.1. The Morgan fingerprint density at radius 2 is 1.52 bits per heavy atom. The topological polar surface area (TPSA) is 75.3 Å². The van der Waals surface area contributed by atoms with Crippen molar-refractivity contribution in [3.05, 3.63) is 47.5 Å². The molecule has 2 aromatic rings. The second-order valence-electron chi connectivity index (χ2n) is 6.10. The molecular weight excluding hydrogens is 374 g/mol. The summed E-state index contributed by atoms with van der Waals surface area (Å²) >= 11 is 0. The third-order valence-electron chi connectivity index (χ3n) is 4.41. The minimum atomic E-state index is -0.288. The van der Waals surface area contributed by atoms with Crippen LogP contribution in [-0.2, 0) is 4.79 Å². The summed E-state index contributed by atoms with van der Waals surface area (Å²) in [5.41, 5.74) is 1.50. The number of hydrogen-bond donors (Lipinski definition) is 1. The quantitative estimate of drug-likeness (QED) is 0.647. The first-order valence-electron chi connectivity index (χ1n) is 8.98. The molecule has 0 aromatic heterocycles. The molecule has 7 nitrogen and oxygen atoms in total. The minimum Gasteiger partial charge on any atom is -0.497 e. The van der Waals surface area contributed by atoms with Crippen molar-refractivity contribution in [2.45, 2.75) is 13.0 Å². The van der Waals surface area contributed by atoms with E-state index in [-0.39, 0.29) is 11.9 Å². The average molecular weight is 401 g/mol. The molecule has 0 unspecified atom stereocenters. The van der Waals surface area contributed by atoms with Gasteiger partial charge < -0.3 is 29.0 Å². The number of amides is 1. The fourth-order valence-electron chi connectivity index (χ4n) is 2.94. The zero-order chi connectivity index (χ0) is 21.4. The molecule has 0 aliphatic carbocycles.